The van der Waals surface area contributed by atoms with Crippen molar-refractivity contribution in [2.24, 2.45) is 0 Å². The Kier molecular flexibility index (Phi) is 6.83. The van der Waals surface area contributed by atoms with Gasteiger partial charge in [-0.15, -0.1) is 0 Å². The standard InChI is InChI=1S/C15H24BrN/c1-4-5-7-14(11-17-12(2)3)13-8-6-9-15(16)10-13/h6,8-10,12,14,17H,4-5,7,11H2,1-3H3. The third kappa shape index (κ3) is 5.69. The molecule has 1 atom stereocenters. The summed E-state index contributed by atoms with van der Waals surface area (Å²) in [5.41, 5.74) is 1.45. The SMILES string of the molecule is CCCCC(CNC(C)C)c1cccc(Br)c1. The van der Waals surface area contributed by atoms with Gasteiger partial charge >= 0.3 is 0 Å². The van der Waals surface area contributed by atoms with Crippen molar-refractivity contribution in [2.75, 3.05) is 6.54 Å². The molecule has 1 nitrogen and oxygen atoms in total. The summed E-state index contributed by atoms with van der Waals surface area (Å²) in [5.74, 6) is 0.634. The van der Waals surface area contributed by atoms with Crippen molar-refractivity contribution in [3.63, 3.8) is 0 Å². The second kappa shape index (κ2) is 7.88. The number of hydrogen-bond donors (Lipinski definition) is 1. The topological polar surface area (TPSA) is 12.0 Å². The van der Waals surface area contributed by atoms with Crippen molar-refractivity contribution >= 4 is 15.9 Å². The number of unbranched alkanes of at least 4 members (excludes halogenated alkanes) is 1. The van der Waals surface area contributed by atoms with E-state index in [-0.39, 0.29) is 0 Å². The summed E-state index contributed by atoms with van der Waals surface area (Å²) >= 11 is 3.56. The summed E-state index contributed by atoms with van der Waals surface area (Å²) in [6.07, 6.45) is 3.84. The van der Waals surface area contributed by atoms with E-state index in [1.165, 1.54) is 29.3 Å². The van der Waals surface area contributed by atoms with E-state index in [1.54, 1.807) is 0 Å². The zero-order valence-electron chi connectivity index (χ0n) is 11.2. The molecule has 1 N–H and O–H groups in total. The van der Waals surface area contributed by atoms with Crippen molar-refractivity contribution in [3.8, 4) is 0 Å². The molecular weight excluding hydrogens is 274 g/mol. The average Bonchev–Trinajstić information content (AvgIpc) is 2.29. The molecule has 0 bridgehead atoms. The smallest absolute Gasteiger partial charge is 0.0178 e. The van der Waals surface area contributed by atoms with Crippen LogP contribution in [0, 0.1) is 0 Å². The number of halogens is 1. The Labute approximate surface area is 114 Å². The molecular formula is C15H24BrN. The number of hydrogen-bond acceptors (Lipinski definition) is 1. The number of rotatable bonds is 7. The van der Waals surface area contributed by atoms with E-state index in [2.05, 4.69) is 66.3 Å². The van der Waals surface area contributed by atoms with Crippen LogP contribution in [-0.4, -0.2) is 12.6 Å². The molecule has 1 aromatic rings. The second-order valence-corrected chi connectivity index (χ2v) is 5.87. The van der Waals surface area contributed by atoms with Gasteiger partial charge in [0.1, 0.15) is 0 Å². The van der Waals surface area contributed by atoms with E-state index < -0.39 is 0 Å². The molecule has 1 rings (SSSR count). The molecule has 1 aromatic carbocycles. The normalized spacial score (nSPS) is 13.0. The van der Waals surface area contributed by atoms with Gasteiger partial charge in [0.25, 0.3) is 0 Å². The summed E-state index contributed by atoms with van der Waals surface area (Å²) in [5, 5.41) is 3.56. The van der Waals surface area contributed by atoms with Gasteiger partial charge in [0.15, 0.2) is 0 Å². The fourth-order valence-corrected chi connectivity index (χ4v) is 2.39. The van der Waals surface area contributed by atoms with Gasteiger partial charge in [-0.05, 0) is 30.0 Å². The van der Waals surface area contributed by atoms with Crippen molar-refractivity contribution in [2.45, 2.75) is 52.0 Å². The van der Waals surface area contributed by atoms with Crippen LogP contribution in [-0.2, 0) is 0 Å². The van der Waals surface area contributed by atoms with E-state index in [1.807, 2.05) is 0 Å². The molecule has 0 fully saturated rings. The van der Waals surface area contributed by atoms with Gasteiger partial charge in [-0.1, -0.05) is 61.7 Å². The molecule has 0 heterocycles. The highest BCUT2D eigenvalue weighted by molar-refractivity contribution is 9.10. The molecule has 0 aliphatic heterocycles. The van der Waals surface area contributed by atoms with Crippen molar-refractivity contribution < 1.29 is 0 Å². The first-order valence-electron chi connectivity index (χ1n) is 6.62. The number of nitrogens with one attached hydrogen (secondary N) is 1. The lowest BCUT2D eigenvalue weighted by Gasteiger charge is -2.20. The lowest BCUT2D eigenvalue weighted by Crippen LogP contribution is -2.28. The first-order valence-corrected chi connectivity index (χ1v) is 7.41. The Hall–Kier alpha value is -0.340. The molecule has 2 heteroatoms. The van der Waals surface area contributed by atoms with E-state index in [9.17, 15) is 0 Å². The van der Waals surface area contributed by atoms with Crippen LogP contribution in [0.15, 0.2) is 28.7 Å². The van der Waals surface area contributed by atoms with Crippen LogP contribution in [0.5, 0.6) is 0 Å². The predicted molar refractivity (Wildman–Crippen MR) is 79.5 cm³/mol. The Bertz CT molecular complexity index is 322. The third-order valence-corrected chi connectivity index (χ3v) is 3.49. The van der Waals surface area contributed by atoms with Gasteiger partial charge in [0, 0.05) is 17.1 Å². The molecule has 96 valence electrons. The zero-order valence-corrected chi connectivity index (χ0v) is 12.8. The van der Waals surface area contributed by atoms with Crippen molar-refractivity contribution in [1.82, 2.24) is 5.32 Å². The average molecular weight is 298 g/mol. The Morgan fingerprint density at radius 2 is 2.06 bits per heavy atom. The Morgan fingerprint density at radius 3 is 2.65 bits per heavy atom. The molecule has 0 aromatic heterocycles. The quantitative estimate of drug-likeness (QED) is 0.768. The Morgan fingerprint density at radius 1 is 1.29 bits per heavy atom. The molecule has 0 radical (unpaired) electrons. The zero-order chi connectivity index (χ0) is 12.7. The maximum atomic E-state index is 3.56. The first-order chi connectivity index (χ1) is 8.13. The minimum Gasteiger partial charge on any atom is -0.314 e. The van der Waals surface area contributed by atoms with E-state index in [0.29, 0.717) is 12.0 Å². The molecule has 0 saturated heterocycles. The molecule has 0 saturated carbocycles. The van der Waals surface area contributed by atoms with Crippen LogP contribution < -0.4 is 5.32 Å². The largest absolute Gasteiger partial charge is 0.314 e. The van der Waals surface area contributed by atoms with Crippen LogP contribution >= 0.6 is 15.9 Å². The minimum absolute atomic E-state index is 0.561. The fraction of sp³-hybridized carbons (Fsp3) is 0.600. The molecule has 1 unspecified atom stereocenters. The van der Waals surface area contributed by atoms with E-state index in [0.717, 1.165) is 6.54 Å². The molecule has 0 aliphatic rings. The summed E-state index contributed by atoms with van der Waals surface area (Å²) in [4.78, 5) is 0. The number of benzene rings is 1. The van der Waals surface area contributed by atoms with Crippen LogP contribution in [0.2, 0.25) is 0 Å². The maximum absolute atomic E-state index is 3.56. The summed E-state index contributed by atoms with van der Waals surface area (Å²) in [7, 11) is 0. The summed E-state index contributed by atoms with van der Waals surface area (Å²) < 4.78 is 1.18. The first kappa shape index (κ1) is 14.7. The van der Waals surface area contributed by atoms with E-state index >= 15 is 0 Å². The second-order valence-electron chi connectivity index (χ2n) is 4.96. The lowest BCUT2D eigenvalue weighted by atomic mass is 9.93. The van der Waals surface area contributed by atoms with Crippen LogP contribution in [0.3, 0.4) is 0 Å². The molecule has 0 amide bonds. The predicted octanol–water partition coefficient (Wildman–Crippen LogP) is 4.72. The lowest BCUT2D eigenvalue weighted by molar-refractivity contribution is 0.495. The highest BCUT2D eigenvalue weighted by Crippen LogP contribution is 2.24. The fourth-order valence-electron chi connectivity index (χ4n) is 1.98. The monoisotopic (exact) mass is 297 g/mol. The molecule has 0 aliphatic carbocycles. The van der Waals surface area contributed by atoms with Crippen LogP contribution in [0.4, 0.5) is 0 Å². The van der Waals surface area contributed by atoms with Crippen LogP contribution in [0.25, 0.3) is 0 Å². The highest BCUT2D eigenvalue weighted by atomic mass is 79.9. The van der Waals surface area contributed by atoms with Gasteiger partial charge < -0.3 is 5.32 Å². The van der Waals surface area contributed by atoms with Gasteiger partial charge in [-0.2, -0.15) is 0 Å². The van der Waals surface area contributed by atoms with Gasteiger partial charge in [0.2, 0.25) is 0 Å². The van der Waals surface area contributed by atoms with Gasteiger partial charge in [-0.3, -0.25) is 0 Å². The Balaban J connectivity index is 2.67. The highest BCUT2D eigenvalue weighted by Gasteiger charge is 2.11. The summed E-state index contributed by atoms with van der Waals surface area (Å²) in [6.45, 7) is 7.75. The van der Waals surface area contributed by atoms with Gasteiger partial charge in [-0.25, -0.2) is 0 Å². The molecule has 17 heavy (non-hydrogen) atoms. The third-order valence-electron chi connectivity index (χ3n) is 3.00. The van der Waals surface area contributed by atoms with Crippen LogP contribution in [0.1, 0.15) is 51.5 Å². The van der Waals surface area contributed by atoms with Crippen molar-refractivity contribution in [3.05, 3.63) is 34.3 Å². The maximum Gasteiger partial charge on any atom is 0.0178 e. The summed E-state index contributed by atoms with van der Waals surface area (Å²) in [6, 6.07) is 9.28. The van der Waals surface area contributed by atoms with Crippen molar-refractivity contribution in [1.29, 1.82) is 0 Å². The van der Waals surface area contributed by atoms with E-state index in [4.69, 9.17) is 0 Å². The van der Waals surface area contributed by atoms with Gasteiger partial charge in [0.05, 0.1) is 0 Å². The molecule has 0 spiro atoms. The minimum atomic E-state index is 0.561.